The summed E-state index contributed by atoms with van der Waals surface area (Å²) in [5.41, 5.74) is 1.20. The molecule has 0 aliphatic carbocycles. The Hall–Kier alpha value is -1.30. The minimum absolute atomic E-state index is 0.0166. The van der Waals surface area contributed by atoms with Crippen molar-refractivity contribution >= 4 is 8.32 Å². The van der Waals surface area contributed by atoms with E-state index in [0.717, 1.165) is 6.42 Å². The first-order chi connectivity index (χ1) is 11.3. The summed E-state index contributed by atoms with van der Waals surface area (Å²) >= 11 is 0. The predicted molar refractivity (Wildman–Crippen MR) is 109 cm³/mol. The van der Waals surface area contributed by atoms with Gasteiger partial charge < -0.3 is 4.43 Å². The number of hydrogen-bond acceptors (Lipinski definition) is 1. The van der Waals surface area contributed by atoms with E-state index < -0.39 is 8.32 Å². The predicted octanol–water partition coefficient (Wildman–Crippen LogP) is 6.89. The highest BCUT2D eigenvalue weighted by molar-refractivity contribution is 6.74. The molecule has 0 bridgehead atoms. The van der Waals surface area contributed by atoms with E-state index in [2.05, 4.69) is 83.0 Å². The molecule has 0 amide bonds. The van der Waals surface area contributed by atoms with Crippen LogP contribution in [0.2, 0.25) is 18.1 Å². The van der Waals surface area contributed by atoms with Gasteiger partial charge in [-0.25, -0.2) is 0 Å². The zero-order valence-electron chi connectivity index (χ0n) is 16.4. The summed E-state index contributed by atoms with van der Waals surface area (Å²) in [6, 6.07) is 10.5. The molecule has 24 heavy (non-hydrogen) atoms. The van der Waals surface area contributed by atoms with Gasteiger partial charge in [0.05, 0.1) is 6.10 Å². The lowest BCUT2D eigenvalue weighted by Gasteiger charge is -2.38. The van der Waals surface area contributed by atoms with E-state index in [1.165, 1.54) is 24.8 Å². The van der Waals surface area contributed by atoms with Crippen molar-refractivity contribution in [2.24, 2.45) is 0 Å². The Balaban J connectivity index is 2.84. The van der Waals surface area contributed by atoms with Crippen LogP contribution < -0.4 is 0 Å². The summed E-state index contributed by atoms with van der Waals surface area (Å²) in [7, 11) is -1.84. The number of benzene rings is 1. The maximum atomic E-state index is 6.62. The van der Waals surface area contributed by atoms with Crippen LogP contribution in [0.25, 0.3) is 0 Å². The molecule has 0 saturated carbocycles. The van der Waals surface area contributed by atoms with E-state index in [1.807, 2.05) is 12.1 Å². The van der Waals surface area contributed by atoms with Crippen LogP contribution in [0.4, 0.5) is 0 Å². The van der Waals surface area contributed by atoms with Gasteiger partial charge in [-0.3, -0.25) is 0 Å². The van der Waals surface area contributed by atoms with Crippen molar-refractivity contribution < 1.29 is 4.43 Å². The molecule has 0 N–H and O–H groups in total. The summed E-state index contributed by atoms with van der Waals surface area (Å²) in [6.45, 7) is 13.6. The second-order valence-corrected chi connectivity index (χ2v) is 12.6. The van der Waals surface area contributed by atoms with E-state index in [4.69, 9.17) is 4.43 Å². The molecule has 0 heterocycles. The van der Waals surface area contributed by atoms with Crippen LogP contribution in [0.15, 0.2) is 42.5 Å². The lowest BCUT2D eigenvalue weighted by molar-refractivity contribution is 0.229. The molecule has 0 aromatic heterocycles. The lowest BCUT2D eigenvalue weighted by atomic mass is 10.1. The Morgan fingerprint density at radius 1 is 1.12 bits per heavy atom. The molecule has 1 atom stereocenters. The Labute approximate surface area is 150 Å². The number of rotatable bonds is 7. The van der Waals surface area contributed by atoms with Crippen molar-refractivity contribution in [3.05, 3.63) is 48.0 Å². The SMILES string of the molecule is CCCCCC#C/C=C\[C@H](O[Si](C)(C)C(C)(C)C)c1ccccc1. The molecule has 0 radical (unpaired) electrons. The summed E-state index contributed by atoms with van der Waals surface area (Å²) in [6.07, 6.45) is 8.75. The maximum Gasteiger partial charge on any atom is 0.193 e. The Bertz CT molecular complexity index is 555. The summed E-state index contributed by atoms with van der Waals surface area (Å²) in [4.78, 5) is 0. The highest BCUT2D eigenvalue weighted by Gasteiger charge is 2.38. The minimum Gasteiger partial charge on any atom is -0.406 e. The smallest absolute Gasteiger partial charge is 0.193 e. The zero-order valence-corrected chi connectivity index (χ0v) is 17.4. The maximum absolute atomic E-state index is 6.62. The van der Waals surface area contributed by atoms with E-state index in [-0.39, 0.29) is 11.1 Å². The topological polar surface area (TPSA) is 9.23 Å². The Kier molecular flexibility index (Phi) is 8.52. The van der Waals surface area contributed by atoms with E-state index >= 15 is 0 Å². The van der Waals surface area contributed by atoms with E-state index in [1.54, 1.807) is 0 Å². The average Bonchev–Trinajstić information content (AvgIpc) is 2.52. The molecule has 0 saturated heterocycles. The van der Waals surface area contributed by atoms with Gasteiger partial charge in [-0.05, 0) is 42.3 Å². The lowest BCUT2D eigenvalue weighted by Crippen LogP contribution is -2.41. The van der Waals surface area contributed by atoms with Gasteiger partial charge in [0.15, 0.2) is 8.32 Å². The van der Waals surface area contributed by atoms with Crippen molar-refractivity contribution in [2.75, 3.05) is 0 Å². The quantitative estimate of drug-likeness (QED) is 0.298. The number of allylic oxidation sites excluding steroid dienone is 1. The molecule has 1 rings (SSSR count). The van der Waals surface area contributed by atoms with Crippen LogP contribution in [0, 0.1) is 11.8 Å². The fraction of sp³-hybridized carbons (Fsp3) is 0.545. The average molecular weight is 343 g/mol. The van der Waals surface area contributed by atoms with Crippen LogP contribution in [0.1, 0.15) is 65.0 Å². The Morgan fingerprint density at radius 3 is 2.38 bits per heavy atom. The molecule has 0 fully saturated rings. The van der Waals surface area contributed by atoms with Crippen molar-refractivity contribution in [1.29, 1.82) is 0 Å². The van der Waals surface area contributed by atoms with Crippen LogP contribution >= 0.6 is 0 Å². The first kappa shape index (κ1) is 20.7. The third-order valence-corrected chi connectivity index (χ3v) is 9.17. The molecule has 2 heteroatoms. The molecule has 0 aliphatic heterocycles. The van der Waals surface area contributed by atoms with Crippen LogP contribution in [0.5, 0.6) is 0 Å². The normalized spacial score (nSPS) is 13.6. The van der Waals surface area contributed by atoms with E-state index in [0.29, 0.717) is 0 Å². The second kappa shape index (κ2) is 9.86. The largest absolute Gasteiger partial charge is 0.406 e. The van der Waals surface area contributed by atoms with Crippen molar-refractivity contribution in [1.82, 2.24) is 0 Å². The molecule has 1 aromatic rings. The molecule has 0 spiro atoms. The van der Waals surface area contributed by atoms with Crippen LogP contribution in [-0.2, 0) is 4.43 Å². The third-order valence-electron chi connectivity index (χ3n) is 4.72. The first-order valence-electron chi connectivity index (χ1n) is 9.16. The summed E-state index contributed by atoms with van der Waals surface area (Å²) in [5.74, 6) is 6.41. The molecule has 1 nitrogen and oxygen atoms in total. The van der Waals surface area contributed by atoms with E-state index in [9.17, 15) is 0 Å². The third kappa shape index (κ3) is 7.07. The summed E-state index contributed by atoms with van der Waals surface area (Å²) < 4.78 is 6.62. The van der Waals surface area contributed by atoms with Gasteiger partial charge in [0.1, 0.15) is 0 Å². The van der Waals surface area contributed by atoms with Crippen molar-refractivity contribution in [3.8, 4) is 11.8 Å². The highest BCUT2D eigenvalue weighted by Crippen LogP contribution is 2.40. The van der Waals surface area contributed by atoms with Gasteiger partial charge in [0.2, 0.25) is 0 Å². The van der Waals surface area contributed by atoms with Crippen LogP contribution in [0.3, 0.4) is 0 Å². The summed E-state index contributed by atoms with van der Waals surface area (Å²) in [5, 5.41) is 0.194. The first-order valence-corrected chi connectivity index (χ1v) is 12.1. The Morgan fingerprint density at radius 2 is 1.79 bits per heavy atom. The van der Waals surface area contributed by atoms with Gasteiger partial charge in [0, 0.05) is 6.42 Å². The van der Waals surface area contributed by atoms with Crippen molar-refractivity contribution in [2.45, 2.75) is 77.6 Å². The zero-order chi connectivity index (χ0) is 18.1. The molecule has 1 aromatic carbocycles. The number of unbranched alkanes of at least 4 members (excludes halogenated alkanes) is 3. The highest BCUT2D eigenvalue weighted by atomic mass is 28.4. The molecule has 0 aliphatic rings. The molecular weight excluding hydrogens is 308 g/mol. The van der Waals surface area contributed by atoms with Gasteiger partial charge in [-0.2, -0.15) is 0 Å². The van der Waals surface area contributed by atoms with Crippen LogP contribution in [-0.4, -0.2) is 8.32 Å². The van der Waals surface area contributed by atoms with Gasteiger partial charge in [0.25, 0.3) is 0 Å². The molecular formula is C22H34OSi. The fourth-order valence-electron chi connectivity index (χ4n) is 2.09. The molecule has 0 unspecified atom stereocenters. The van der Waals surface area contributed by atoms with Gasteiger partial charge in [-0.15, -0.1) is 0 Å². The number of hydrogen-bond donors (Lipinski definition) is 0. The fourth-order valence-corrected chi connectivity index (χ4v) is 3.29. The van der Waals surface area contributed by atoms with Gasteiger partial charge in [-0.1, -0.05) is 82.7 Å². The monoisotopic (exact) mass is 342 g/mol. The van der Waals surface area contributed by atoms with Gasteiger partial charge >= 0.3 is 0 Å². The van der Waals surface area contributed by atoms with Crippen molar-refractivity contribution in [3.63, 3.8) is 0 Å². The molecule has 132 valence electrons. The standard InChI is InChI=1S/C22H34OSi/c1-7-8-9-10-11-12-16-19-21(20-17-14-13-15-18-20)23-24(5,6)22(2,3)4/h13-19,21H,7-10H2,1-6H3/b19-16-/t21-/m0/s1. The minimum atomic E-state index is -1.84. The second-order valence-electron chi connectivity index (χ2n) is 7.85.